The molecule has 16 heavy (non-hydrogen) atoms. The van der Waals surface area contributed by atoms with E-state index in [0.29, 0.717) is 0 Å². The van der Waals surface area contributed by atoms with Crippen molar-refractivity contribution >= 4 is 28.9 Å². The van der Waals surface area contributed by atoms with Crippen LogP contribution in [0.1, 0.15) is 31.2 Å². The maximum atomic E-state index is 10.8. The molecule has 1 unspecified atom stereocenters. The maximum absolute atomic E-state index is 10.8. The molecule has 2 N–H and O–H groups in total. The Bertz CT molecular complexity index is 376. The summed E-state index contributed by atoms with van der Waals surface area (Å²) in [4.78, 5) is 11.9. The van der Waals surface area contributed by atoms with E-state index < -0.39 is 5.97 Å². The number of hydrogen-bond acceptors (Lipinski definition) is 3. The highest BCUT2D eigenvalue weighted by molar-refractivity contribution is 7.16. The Morgan fingerprint density at radius 2 is 2.25 bits per heavy atom. The fourth-order valence-electron chi connectivity index (χ4n) is 1.89. The summed E-state index contributed by atoms with van der Waals surface area (Å²) < 4.78 is 0.723. The molecule has 0 fully saturated rings. The van der Waals surface area contributed by atoms with E-state index in [1.165, 1.54) is 11.3 Å². The molecule has 0 saturated heterocycles. The van der Waals surface area contributed by atoms with Crippen LogP contribution in [0.15, 0.2) is 12.1 Å². The highest BCUT2D eigenvalue weighted by Gasteiger charge is 2.32. The van der Waals surface area contributed by atoms with Crippen LogP contribution in [-0.4, -0.2) is 18.1 Å². The topological polar surface area (TPSA) is 49.3 Å². The Morgan fingerprint density at radius 1 is 1.62 bits per heavy atom. The summed E-state index contributed by atoms with van der Waals surface area (Å²) in [5.74, 6) is -0.784. The van der Waals surface area contributed by atoms with E-state index in [9.17, 15) is 4.79 Å². The number of carboxylic acids is 1. The van der Waals surface area contributed by atoms with Crippen molar-refractivity contribution in [3.8, 4) is 0 Å². The van der Waals surface area contributed by atoms with Gasteiger partial charge in [-0.3, -0.25) is 4.79 Å². The number of carboxylic acid groups (broad SMARTS) is 1. The van der Waals surface area contributed by atoms with Crippen molar-refractivity contribution in [3.05, 3.63) is 21.3 Å². The van der Waals surface area contributed by atoms with Crippen molar-refractivity contribution in [1.82, 2.24) is 5.32 Å². The normalized spacial score (nSPS) is 13.8. The molecule has 0 aliphatic carbocycles. The number of thiophene rings is 1. The fourth-order valence-corrected chi connectivity index (χ4v) is 3.28. The van der Waals surface area contributed by atoms with Crippen molar-refractivity contribution < 1.29 is 9.90 Å². The number of aliphatic carboxylic acids is 1. The molecule has 1 aromatic heterocycles. The third-order valence-electron chi connectivity index (χ3n) is 2.56. The predicted molar refractivity (Wildman–Crippen MR) is 67.2 cm³/mol. The monoisotopic (exact) mass is 261 g/mol. The highest BCUT2D eigenvalue weighted by atomic mass is 35.5. The van der Waals surface area contributed by atoms with E-state index in [1.807, 2.05) is 33.0 Å². The van der Waals surface area contributed by atoms with Crippen LogP contribution in [0.4, 0.5) is 0 Å². The molecule has 0 bridgehead atoms. The number of nitrogens with one attached hydrogen (secondary N) is 1. The van der Waals surface area contributed by atoms with Gasteiger partial charge in [0.2, 0.25) is 0 Å². The second-order valence-corrected chi connectivity index (χ2v) is 6.17. The van der Waals surface area contributed by atoms with Crippen LogP contribution in [-0.2, 0) is 4.79 Å². The van der Waals surface area contributed by atoms with Gasteiger partial charge in [0.05, 0.1) is 10.8 Å². The Labute approximate surface area is 104 Å². The molecule has 1 atom stereocenters. The third kappa shape index (κ3) is 3.20. The molecular weight excluding hydrogens is 246 g/mol. The largest absolute Gasteiger partial charge is 0.481 e. The summed E-state index contributed by atoms with van der Waals surface area (Å²) in [7, 11) is 1.84. The lowest BCUT2D eigenvalue weighted by Crippen LogP contribution is -2.33. The number of carbonyl (C=O) groups is 1. The van der Waals surface area contributed by atoms with E-state index in [0.717, 1.165) is 9.21 Å². The van der Waals surface area contributed by atoms with Gasteiger partial charge in [-0.2, -0.15) is 0 Å². The molecule has 0 radical (unpaired) electrons. The Hall–Kier alpha value is -0.580. The van der Waals surface area contributed by atoms with Crippen LogP contribution in [0.5, 0.6) is 0 Å². The van der Waals surface area contributed by atoms with Gasteiger partial charge in [-0.15, -0.1) is 11.3 Å². The molecule has 0 aliphatic rings. The average Bonchev–Trinajstić information content (AvgIpc) is 2.49. The second-order valence-electron chi connectivity index (χ2n) is 4.42. The van der Waals surface area contributed by atoms with Crippen molar-refractivity contribution in [3.63, 3.8) is 0 Å². The van der Waals surface area contributed by atoms with Crippen molar-refractivity contribution in [2.24, 2.45) is 5.41 Å². The molecule has 5 heteroatoms. The summed E-state index contributed by atoms with van der Waals surface area (Å²) in [5.41, 5.74) is -0.352. The molecule has 0 aliphatic heterocycles. The summed E-state index contributed by atoms with van der Waals surface area (Å²) in [5, 5.41) is 12.1. The van der Waals surface area contributed by atoms with E-state index in [2.05, 4.69) is 5.32 Å². The van der Waals surface area contributed by atoms with Gasteiger partial charge in [0.15, 0.2) is 0 Å². The van der Waals surface area contributed by atoms with Gasteiger partial charge in [-0.25, -0.2) is 0 Å². The minimum absolute atomic E-state index is 0.00102. The van der Waals surface area contributed by atoms with Crippen LogP contribution in [0.25, 0.3) is 0 Å². The molecule has 1 aromatic rings. The van der Waals surface area contributed by atoms with Gasteiger partial charge in [0.1, 0.15) is 0 Å². The lowest BCUT2D eigenvalue weighted by Gasteiger charge is -2.32. The molecule has 0 aromatic carbocycles. The molecule has 3 nitrogen and oxygen atoms in total. The summed E-state index contributed by atoms with van der Waals surface area (Å²) in [6.07, 6.45) is 0.119. The van der Waals surface area contributed by atoms with Crippen molar-refractivity contribution in [2.75, 3.05) is 7.05 Å². The van der Waals surface area contributed by atoms with E-state index in [-0.39, 0.29) is 17.9 Å². The van der Waals surface area contributed by atoms with E-state index in [1.54, 1.807) is 0 Å². The first-order valence-corrected chi connectivity index (χ1v) is 6.20. The van der Waals surface area contributed by atoms with Crippen LogP contribution < -0.4 is 5.32 Å². The minimum atomic E-state index is -0.784. The van der Waals surface area contributed by atoms with Gasteiger partial charge < -0.3 is 10.4 Å². The smallest absolute Gasteiger partial charge is 0.303 e. The number of halogens is 1. The third-order valence-corrected chi connectivity index (χ3v) is 3.85. The first kappa shape index (κ1) is 13.5. The molecule has 1 heterocycles. The molecule has 0 spiro atoms. The zero-order valence-electron chi connectivity index (χ0n) is 9.58. The zero-order chi connectivity index (χ0) is 12.3. The molecule has 0 saturated carbocycles. The van der Waals surface area contributed by atoms with Crippen molar-refractivity contribution in [2.45, 2.75) is 26.3 Å². The maximum Gasteiger partial charge on any atom is 0.303 e. The second kappa shape index (κ2) is 5.17. The standard InChI is InChI=1S/C11H16ClNO2S/c1-11(2,6-9(14)15)10(13-3)7-4-5-8(12)16-7/h4-5,10,13H,6H2,1-3H3,(H,14,15). The lowest BCUT2D eigenvalue weighted by molar-refractivity contribution is -0.139. The van der Waals surface area contributed by atoms with Gasteiger partial charge >= 0.3 is 5.97 Å². The lowest BCUT2D eigenvalue weighted by atomic mass is 9.80. The summed E-state index contributed by atoms with van der Waals surface area (Å²) in [6.45, 7) is 3.88. The summed E-state index contributed by atoms with van der Waals surface area (Å²) >= 11 is 7.38. The zero-order valence-corrected chi connectivity index (χ0v) is 11.2. The first-order chi connectivity index (χ1) is 7.36. The van der Waals surface area contributed by atoms with Gasteiger partial charge in [0, 0.05) is 10.9 Å². The number of hydrogen-bond donors (Lipinski definition) is 2. The first-order valence-electron chi connectivity index (χ1n) is 5.01. The Balaban J connectivity index is 2.93. The highest BCUT2D eigenvalue weighted by Crippen LogP contribution is 2.39. The van der Waals surface area contributed by atoms with Crippen LogP contribution in [0.3, 0.4) is 0 Å². The van der Waals surface area contributed by atoms with Gasteiger partial charge in [-0.05, 0) is 24.6 Å². The Morgan fingerprint density at radius 3 is 2.62 bits per heavy atom. The van der Waals surface area contributed by atoms with E-state index in [4.69, 9.17) is 16.7 Å². The van der Waals surface area contributed by atoms with Crippen molar-refractivity contribution in [1.29, 1.82) is 0 Å². The average molecular weight is 262 g/mol. The molecule has 0 amide bonds. The van der Waals surface area contributed by atoms with Gasteiger partial charge in [0.25, 0.3) is 0 Å². The van der Waals surface area contributed by atoms with Crippen LogP contribution >= 0.6 is 22.9 Å². The molecule has 90 valence electrons. The quantitative estimate of drug-likeness (QED) is 0.856. The summed E-state index contributed by atoms with van der Waals surface area (Å²) in [6, 6.07) is 3.78. The predicted octanol–water partition coefficient (Wildman–Crippen LogP) is 3.16. The SMILES string of the molecule is CNC(c1ccc(Cl)s1)C(C)(C)CC(=O)O. The minimum Gasteiger partial charge on any atom is -0.481 e. The number of rotatable bonds is 5. The molecule has 1 rings (SSSR count). The van der Waals surface area contributed by atoms with Crippen LogP contribution in [0.2, 0.25) is 4.34 Å². The molecular formula is C11H16ClNO2S. The van der Waals surface area contributed by atoms with Gasteiger partial charge in [-0.1, -0.05) is 25.4 Å². The fraction of sp³-hybridized carbons (Fsp3) is 0.545. The Kier molecular flexibility index (Phi) is 4.35. The van der Waals surface area contributed by atoms with E-state index >= 15 is 0 Å². The van der Waals surface area contributed by atoms with Crippen LogP contribution in [0, 0.1) is 5.41 Å².